The lowest BCUT2D eigenvalue weighted by Crippen LogP contribution is -2.16. The van der Waals surface area contributed by atoms with Gasteiger partial charge in [0.15, 0.2) is 0 Å². The zero-order chi connectivity index (χ0) is 83.1. The first kappa shape index (κ1) is 76.9. The minimum absolute atomic E-state index is 0.0700. The van der Waals surface area contributed by atoms with E-state index in [1.54, 1.807) is 0 Å². The van der Waals surface area contributed by atoms with E-state index in [1.165, 1.54) is 144 Å². The SMILES string of the molecule is CC1(C)c2ccccc2-c2ccc(N(c3ccccc3)c3ccc(-c4ccc(N(c5ccccc5)c5ccc6c(c5)C(C)(C)c5ccccc5-6)cc4)cc3)cc21.[B]CP.c1ccc(-c2ccnc3c2ccc2c(-c4ccccc4)ccnc23)cc1.c1ccc2c(c1)c1ccccc1n2-c1ccc(-c2ccc(-n3c4ccccc4c4ccccc43)cc2)cc1. The van der Waals surface area contributed by atoms with Crippen molar-refractivity contribution in [3.8, 4) is 78.1 Å². The third-order valence-corrected chi connectivity index (χ3v) is 24.8. The molecule has 0 N–H and O–H groups in total. The number of pyridine rings is 2. The molecule has 0 saturated heterocycles. The van der Waals surface area contributed by atoms with Gasteiger partial charge in [-0.2, -0.15) is 0 Å². The monoisotopic (exact) mass is 1590 g/mol. The molecule has 2 radical (unpaired) electrons. The summed E-state index contributed by atoms with van der Waals surface area (Å²) < 4.78 is 4.72. The van der Waals surface area contributed by atoms with E-state index in [-0.39, 0.29) is 10.8 Å². The van der Waals surface area contributed by atoms with E-state index in [2.05, 4.69) is 478 Å². The fraction of sp³-hybridized carbons (Fsp3) is 0.0609. The van der Waals surface area contributed by atoms with Crippen LogP contribution in [-0.2, 0) is 10.8 Å². The number of nitrogens with zero attached hydrogens (tertiary/aromatic N) is 6. The zero-order valence-corrected chi connectivity index (χ0v) is 70.3. The molecule has 123 heavy (non-hydrogen) atoms. The van der Waals surface area contributed by atoms with E-state index in [9.17, 15) is 0 Å². The van der Waals surface area contributed by atoms with E-state index < -0.39 is 0 Å². The molecule has 0 spiro atoms. The Labute approximate surface area is 722 Å². The van der Waals surface area contributed by atoms with Crippen molar-refractivity contribution in [3.63, 3.8) is 0 Å². The van der Waals surface area contributed by atoms with Crippen LogP contribution in [0.25, 0.3) is 144 Å². The lowest BCUT2D eigenvalue weighted by Gasteiger charge is -2.28. The molecule has 8 heteroatoms. The molecule has 4 heterocycles. The van der Waals surface area contributed by atoms with Crippen molar-refractivity contribution < 1.29 is 0 Å². The second kappa shape index (κ2) is 32.8. The van der Waals surface area contributed by atoms with Crippen LogP contribution in [-0.4, -0.2) is 33.0 Å². The van der Waals surface area contributed by atoms with Crippen molar-refractivity contribution in [3.05, 3.63) is 459 Å². The summed E-state index contributed by atoms with van der Waals surface area (Å²) in [6.07, 6.45) is 3.75. The fourth-order valence-corrected chi connectivity index (χ4v) is 18.9. The molecule has 0 fully saturated rings. The van der Waals surface area contributed by atoms with Crippen molar-refractivity contribution in [1.29, 1.82) is 0 Å². The summed E-state index contributed by atoms with van der Waals surface area (Å²) in [5, 5.41) is 7.40. The Morgan fingerprint density at radius 1 is 0.244 bits per heavy atom. The summed E-state index contributed by atoms with van der Waals surface area (Å²) in [5.41, 5.74) is 36.3. The third-order valence-electron chi connectivity index (χ3n) is 24.8. The third kappa shape index (κ3) is 14.1. The number of aromatic nitrogens is 4. The molecule has 2 aliphatic rings. The van der Waals surface area contributed by atoms with Crippen LogP contribution in [0.4, 0.5) is 34.1 Å². The van der Waals surface area contributed by atoms with Gasteiger partial charge in [-0.3, -0.25) is 9.97 Å². The Morgan fingerprint density at radius 3 is 0.854 bits per heavy atom. The Bertz CT molecular complexity index is 6900. The smallest absolute Gasteiger partial charge is 0.0970 e. The van der Waals surface area contributed by atoms with Gasteiger partial charge < -0.3 is 18.9 Å². The topological polar surface area (TPSA) is 42.1 Å². The summed E-state index contributed by atoms with van der Waals surface area (Å²) >= 11 is 0. The van der Waals surface area contributed by atoms with Crippen LogP contribution >= 0.6 is 9.24 Å². The highest BCUT2D eigenvalue weighted by Crippen LogP contribution is 2.53. The van der Waals surface area contributed by atoms with Crippen molar-refractivity contribution in [2.75, 3.05) is 15.9 Å². The molecule has 23 rings (SSSR count). The molecule has 6 nitrogen and oxygen atoms in total. The lowest BCUT2D eigenvalue weighted by molar-refractivity contribution is 0.660. The van der Waals surface area contributed by atoms with Crippen LogP contribution in [0, 0.1) is 0 Å². The second-order valence-corrected chi connectivity index (χ2v) is 33.1. The van der Waals surface area contributed by atoms with Gasteiger partial charge >= 0.3 is 0 Å². The molecular formula is C115H88BN6P. The standard InChI is InChI=1S/C54H44N2.C36H24N2.C24H16N2.CH4BP/c1-53(2)49-21-13-11-19-45(49)47-33-31-43(35-51(47)53)55(39-15-7-5-8-16-39)41-27-23-37(24-28-41)38-25-29-42(30-26-38)56(40-17-9-6-10-18-40)44-32-34-48-46-20-12-14-22-50(46)54(3,4)52(48)36-44;1-5-13-33-29(9-1)30-10-2-6-14-34(30)37(33)27-21-17-25(18-22-27)26-19-23-28(24-20-26)38-35-15-7-3-11-31(35)32-12-4-8-16-36(32)38;1-3-7-17(8-4-1)19-13-15-25-23-21(19)11-12-22-20(14-16-26-24(22)23)18-9-5-2-6-10-18;2-1-3/h5-36H,1-4H3;1-24H;1-16H;1,3H2. The lowest BCUT2D eigenvalue weighted by atomic mass is 9.82. The maximum Gasteiger partial charge on any atom is 0.0970 e. The molecule has 0 amide bonds. The Morgan fingerprint density at radius 2 is 0.512 bits per heavy atom. The van der Waals surface area contributed by atoms with Gasteiger partial charge in [-0.25, -0.2) is 0 Å². The molecule has 2 aliphatic carbocycles. The molecule has 21 aromatic rings. The predicted octanol–water partition coefficient (Wildman–Crippen LogP) is 30.6. The van der Waals surface area contributed by atoms with Gasteiger partial charge in [-0.1, -0.05) is 325 Å². The molecule has 0 aliphatic heterocycles. The van der Waals surface area contributed by atoms with Gasteiger partial charge in [-0.15, -0.1) is 9.24 Å². The number of benzene rings is 17. The number of anilines is 6. The average Bonchev–Trinajstić information content (AvgIpc) is 1.59. The molecule has 0 bridgehead atoms. The number of hydrogen-bond acceptors (Lipinski definition) is 4. The highest BCUT2D eigenvalue weighted by molar-refractivity contribution is 7.19. The maximum absolute atomic E-state index is 4.81. The van der Waals surface area contributed by atoms with E-state index in [0.717, 1.165) is 55.9 Å². The summed E-state index contributed by atoms with van der Waals surface area (Å²) in [7, 11) is 7.17. The second-order valence-electron chi connectivity index (χ2n) is 32.6. The van der Waals surface area contributed by atoms with E-state index in [4.69, 9.17) is 7.85 Å². The van der Waals surface area contributed by atoms with Crippen molar-refractivity contribution >= 4 is 117 Å². The van der Waals surface area contributed by atoms with E-state index in [0.29, 0.717) is 6.06 Å². The van der Waals surface area contributed by atoms with Crippen LogP contribution in [0.15, 0.2) is 437 Å². The first-order chi connectivity index (χ1) is 60.5. The largest absolute Gasteiger partial charge is 0.310 e. The van der Waals surface area contributed by atoms with E-state index in [1.807, 2.05) is 24.5 Å². The van der Waals surface area contributed by atoms with Crippen LogP contribution in [0.3, 0.4) is 0 Å². The van der Waals surface area contributed by atoms with Crippen molar-refractivity contribution in [2.24, 2.45) is 0 Å². The molecular weight excluding hydrogens is 1510 g/mol. The highest BCUT2D eigenvalue weighted by Gasteiger charge is 2.38. The molecule has 1 atom stereocenters. The predicted molar refractivity (Wildman–Crippen MR) is 525 cm³/mol. The Hall–Kier alpha value is -14.7. The summed E-state index contributed by atoms with van der Waals surface area (Å²) in [4.78, 5) is 14.1. The minimum Gasteiger partial charge on any atom is -0.310 e. The first-order valence-corrected chi connectivity index (χ1v) is 43.1. The number of fused-ring (bicyclic) bond motifs is 15. The Kier molecular flexibility index (Phi) is 20.5. The highest BCUT2D eigenvalue weighted by atomic mass is 31.0. The quantitative estimate of drug-likeness (QED) is 0.0694. The van der Waals surface area contributed by atoms with Crippen LogP contribution in [0.5, 0.6) is 0 Å². The number of hydrogen-bond donors (Lipinski definition) is 0. The maximum atomic E-state index is 4.81. The number of rotatable bonds is 12. The molecule has 17 aromatic carbocycles. The van der Waals surface area contributed by atoms with Gasteiger partial charge in [-0.05, 0) is 222 Å². The van der Waals surface area contributed by atoms with Crippen LogP contribution < -0.4 is 9.80 Å². The van der Waals surface area contributed by atoms with Gasteiger partial charge in [0.2, 0.25) is 0 Å². The fourth-order valence-electron chi connectivity index (χ4n) is 18.9. The number of para-hydroxylation sites is 6. The minimum atomic E-state index is -0.0700. The van der Waals surface area contributed by atoms with Gasteiger partial charge in [0, 0.05) is 101 Å². The summed E-state index contributed by atoms with van der Waals surface area (Å²) in [6, 6.07) is 154. The molecule has 0 saturated carbocycles. The van der Waals surface area contributed by atoms with Crippen molar-refractivity contribution in [2.45, 2.75) is 38.5 Å². The van der Waals surface area contributed by atoms with E-state index >= 15 is 0 Å². The molecule has 4 aromatic heterocycles. The zero-order valence-electron chi connectivity index (χ0n) is 69.1. The van der Waals surface area contributed by atoms with Crippen molar-refractivity contribution in [1.82, 2.24) is 19.1 Å². The Balaban J connectivity index is 0.000000123. The van der Waals surface area contributed by atoms with Crippen LogP contribution in [0.2, 0.25) is 0 Å². The molecule has 1 unspecified atom stereocenters. The van der Waals surface area contributed by atoms with Crippen LogP contribution in [0.1, 0.15) is 49.9 Å². The normalized spacial score (nSPS) is 12.5. The average molecular weight is 1600 g/mol. The summed E-state index contributed by atoms with van der Waals surface area (Å²) in [5.74, 6) is 0. The van der Waals surface area contributed by atoms with Gasteiger partial charge in [0.25, 0.3) is 0 Å². The first-order valence-electron chi connectivity index (χ1n) is 42.2. The molecule has 586 valence electrons. The van der Waals surface area contributed by atoms with Gasteiger partial charge in [0.05, 0.1) is 40.9 Å². The van der Waals surface area contributed by atoms with Gasteiger partial charge in [0.1, 0.15) is 0 Å². The summed E-state index contributed by atoms with van der Waals surface area (Å²) in [6.45, 7) is 9.39.